The average molecular weight is 283 g/mol. The topological polar surface area (TPSA) is 62.5 Å². The smallest absolute Gasteiger partial charge is 0.336 e. The number of phenols is 1. The molecule has 1 aromatic heterocycles. The molecule has 1 aliphatic heterocycles. The summed E-state index contributed by atoms with van der Waals surface area (Å²) in [4.78, 5) is 11.6. The van der Waals surface area contributed by atoms with Gasteiger partial charge in [-0.1, -0.05) is 12.2 Å². The fourth-order valence-corrected chi connectivity index (χ4v) is 2.58. The van der Waals surface area contributed by atoms with Gasteiger partial charge in [0.15, 0.2) is 0 Å². The maximum Gasteiger partial charge on any atom is 0.336 e. The molecule has 0 radical (unpaired) electrons. The molecule has 4 nitrogen and oxygen atoms in total. The number of rotatable bonds is 3. The number of hydrogen-bond donors (Lipinski definition) is 2. The van der Waals surface area contributed by atoms with Gasteiger partial charge in [-0.3, -0.25) is 0 Å². The molecule has 1 aliphatic rings. The van der Waals surface area contributed by atoms with Crippen LogP contribution in [0, 0.1) is 0 Å². The molecule has 2 heterocycles. The minimum absolute atomic E-state index is 0.0958. The van der Waals surface area contributed by atoms with E-state index < -0.39 is 0 Å². The van der Waals surface area contributed by atoms with E-state index in [1.54, 1.807) is 12.1 Å². The largest absolute Gasteiger partial charge is 0.508 e. The molecule has 3 rings (SSSR count). The van der Waals surface area contributed by atoms with Gasteiger partial charge in [-0.25, -0.2) is 4.79 Å². The molecule has 0 amide bonds. The third kappa shape index (κ3) is 2.99. The molecular formula is C17H17NO3. The third-order valence-electron chi connectivity index (χ3n) is 3.59. The van der Waals surface area contributed by atoms with Crippen molar-refractivity contribution in [1.82, 2.24) is 5.32 Å². The van der Waals surface area contributed by atoms with Gasteiger partial charge in [-0.2, -0.15) is 0 Å². The van der Waals surface area contributed by atoms with E-state index in [-0.39, 0.29) is 11.4 Å². The number of phenolic OH excluding ortho intramolecular Hbond substituents is 1. The summed E-state index contributed by atoms with van der Waals surface area (Å²) in [5, 5.41) is 13.7. The lowest BCUT2D eigenvalue weighted by atomic mass is 10.0. The van der Waals surface area contributed by atoms with Crippen LogP contribution < -0.4 is 10.9 Å². The number of fused-ring (bicyclic) bond motifs is 1. The SMILES string of the molecule is CC1C=CC=C(CCc2cc(=O)oc3cc(O)ccc23)N1. The van der Waals surface area contributed by atoms with Crippen LogP contribution in [0.2, 0.25) is 0 Å². The number of dihydropyridines is 1. The molecule has 21 heavy (non-hydrogen) atoms. The van der Waals surface area contributed by atoms with Crippen LogP contribution in [0.25, 0.3) is 11.0 Å². The van der Waals surface area contributed by atoms with Gasteiger partial charge in [0, 0.05) is 29.3 Å². The molecule has 0 fully saturated rings. The first-order valence-corrected chi connectivity index (χ1v) is 7.01. The second kappa shape index (κ2) is 5.48. The Balaban J connectivity index is 1.88. The maximum absolute atomic E-state index is 11.6. The lowest BCUT2D eigenvalue weighted by molar-refractivity contribution is 0.473. The highest BCUT2D eigenvalue weighted by atomic mass is 16.4. The van der Waals surface area contributed by atoms with E-state index in [1.165, 1.54) is 12.1 Å². The van der Waals surface area contributed by atoms with Crippen LogP contribution in [-0.4, -0.2) is 11.1 Å². The van der Waals surface area contributed by atoms with Gasteiger partial charge in [-0.05, 0) is 43.5 Å². The van der Waals surface area contributed by atoms with Crippen molar-refractivity contribution < 1.29 is 9.52 Å². The van der Waals surface area contributed by atoms with Crippen molar-refractivity contribution in [2.24, 2.45) is 0 Å². The van der Waals surface area contributed by atoms with Gasteiger partial charge in [0.1, 0.15) is 11.3 Å². The zero-order valence-corrected chi connectivity index (χ0v) is 11.8. The van der Waals surface area contributed by atoms with Gasteiger partial charge in [-0.15, -0.1) is 0 Å². The normalized spacial score (nSPS) is 17.6. The standard InChI is InChI=1S/C17H17NO3/c1-11-3-2-4-13(18-11)6-5-12-9-17(20)21-16-10-14(19)7-8-15(12)16/h2-4,7-11,18-19H,5-6H2,1H3. The number of benzene rings is 1. The summed E-state index contributed by atoms with van der Waals surface area (Å²) in [5.74, 6) is 0.0958. The fourth-order valence-electron chi connectivity index (χ4n) is 2.58. The van der Waals surface area contributed by atoms with Crippen molar-refractivity contribution in [2.75, 3.05) is 0 Å². The van der Waals surface area contributed by atoms with E-state index in [1.807, 2.05) is 6.08 Å². The average Bonchev–Trinajstić information content (AvgIpc) is 2.44. The summed E-state index contributed by atoms with van der Waals surface area (Å²) in [7, 11) is 0. The molecule has 1 aromatic carbocycles. The summed E-state index contributed by atoms with van der Waals surface area (Å²) in [6.07, 6.45) is 7.77. The van der Waals surface area contributed by atoms with Crippen molar-refractivity contribution in [2.45, 2.75) is 25.8 Å². The van der Waals surface area contributed by atoms with Gasteiger partial charge in [0.05, 0.1) is 0 Å². The Morgan fingerprint density at radius 2 is 2.14 bits per heavy atom. The van der Waals surface area contributed by atoms with Crippen LogP contribution in [0.5, 0.6) is 5.75 Å². The van der Waals surface area contributed by atoms with E-state index in [4.69, 9.17) is 4.42 Å². The highest BCUT2D eigenvalue weighted by Gasteiger charge is 2.09. The summed E-state index contributed by atoms with van der Waals surface area (Å²) in [5.41, 5.74) is 2.13. The third-order valence-corrected chi connectivity index (χ3v) is 3.59. The first-order chi connectivity index (χ1) is 10.1. The lowest BCUT2D eigenvalue weighted by Crippen LogP contribution is -2.25. The molecule has 0 saturated heterocycles. The van der Waals surface area contributed by atoms with Crippen LogP contribution in [0.4, 0.5) is 0 Å². The molecule has 1 unspecified atom stereocenters. The summed E-state index contributed by atoms with van der Waals surface area (Å²) in [6.45, 7) is 2.10. The Morgan fingerprint density at radius 3 is 2.95 bits per heavy atom. The summed E-state index contributed by atoms with van der Waals surface area (Å²) < 4.78 is 5.14. The van der Waals surface area contributed by atoms with E-state index in [9.17, 15) is 9.90 Å². The van der Waals surface area contributed by atoms with Crippen molar-refractivity contribution in [3.8, 4) is 5.75 Å². The highest BCUT2D eigenvalue weighted by molar-refractivity contribution is 5.81. The molecule has 1 atom stereocenters. The van der Waals surface area contributed by atoms with Crippen molar-refractivity contribution in [1.29, 1.82) is 0 Å². The van der Waals surface area contributed by atoms with Crippen LogP contribution >= 0.6 is 0 Å². The molecule has 0 bridgehead atoms. The summed E-state index contributed by atoms with van der Waals surface area (Å²) >= 11 is 0. The Morgan fingerprint density at radius 1 is 1.29 bits per heavy atom. The highest BCUT2D eigenvalue weighted by Crippen LogP contribution is 2.23. The molecule has 2 N–H and O–H groups in total. The van der Waals surface area contributed by atoms with E-state index in [2.05, 4.69) is 24.4 Å². The molecule has 0 saturated carbocycles. The zero-order chi connectivity index (χ0) is 14.8. The number of allylic oxidation sites excluding steroid dienone is 3. The monoisotopic (exact) mass is 283 g/mol. The van der Waals surface area contributed by atoms with Gasteiger partial charge in [0.25, 0.3) is 0 Å². The van der Waals surface area contributed by atoms with Gasteiger partial charge < -0.3 is 14.8 Å². The van der Waals surface area contributed by atoms with Gasteiger partial charge >= 0.3 is 5.63 Å². The van der Waals surface area contributed by atoms with Gasteiger partial charge in [0.2, 0.25) is 0 Å². The second-order valence-corrected chi connectivity index (χ2v) is 5.28. The van der Waals surface area contributed by atoms with E-state index in [0.717, 1.165) is 29.5 Å². The van der Waals surface area contributed by atoms with E-state index >= 15 is 0 Å². The van der Waals surface area contributed by atoms with Crippen molar-refractivity contribution >= 4 is 11.0 Å². The lowest BCUT2D eigenvalue weighted by Gasteiger charge is -2.18. The Labute approximate surface area is 122 Å². The molecular weight excluding hydrogens is 266 g/mol. The molecule has 4 heteroatoms. The molecule has 2 aromatic rings. The number of aryl methyl sites for hydroxylation is 1. The Kier molecular flexibility index (Phi) is 3.52. The van der Waals surface area contributed by atoms with E-state index in [0.29, 0.717) is 11.6 Å². The quantitative estimate of drug-likeness (QED) is 0.850. The number of nitrogens with one attached hydrogen (secondary N) is 1. The van der Waals surface area contributed by atoms with Crippen LogP contribution in [0.15, 0.2) is 57.4 Å². The predicted molar refractivity (Wildman–Crippen MR) is 82.3 cm³/mol. The summed E-state index contributed by atoms with van der Waals surface area (Å²) in [6, 6.07) is 6.73. The van der Waals surface area contributed by atoms with Crippen LogP contribution in [0.3, 0.4) is 0 Å². The Hall–Kier alpha value is -2.49. The molecule has 108 valence electrons. The second-order valence-electron chi connectivity index (χ2n) is 5.28. The Bertz CT molecular complexity index is 786. The minimum Gasteiger partial charge on any atom is -0.508 e. The fraction of sp³-hybridized carbons (Fsp3) is 0.235. The number of aromatic hydroxyl groups is 1. The van der Waals surface area contributed by atoms with Crippen molar-refractivity contribution in [3.05, 3.63) is 64.2 Å². The first-order valence-electron chi connectivity index (χ1n) is 7.01. The molecule has 0 spiro atoms. The zero-order valence-electron chi connectivity index (χ0n) is 11.8. The minimum atomic E-state index is -0.387. The maximum atomic E-state index is 11.6. The predicted octanol–water partition coefficient (Wildman–Crippen LogP) is 2.86. The van der Waals surface area contributed by atoms with Crippen LogP contribution in [-0.2, 0) is 6.42 Å². The molecule has 0 aliphatic carbocycles. The number of hydrogen-bond acceptors (Lipinski definition) is 4. The first kappa shape index (κ1) is 13.5. The van der Waals surface area contributed by atoms with Crippen molar-refractivity contribution in [3.63, 3.8) is 0 Å². The van der Waals surface area contributed by atoms with Crippen LogP contribution in [0.1, 0.15) is 18.9 Å².